The number of unbranched alkanes of at least 4 members (excludes halogenated alkanes) is 1. The van der Waals surface area contributed by atoms with Gasteiger partial charge in [0.15, 0.2) is 0 Å². The molecule has 7 nitrogen and oxygen atoms in total. The standard InChI is InChI=1S/C30H35Cl2N3O4S/c1-5-6-16-33-30(37)23(4)34(19-24-8-7-9-26(32)18-24)29(36)20-35(27-13-10-21(2)22(3)17-27)40(38,39)28-14-11-25(31)12-15-28/h7-15,17-18,23H,5-6,16,19-20H2,1-4H3,(H,33,37)/t23-/m0/s1. The Hall–Kier alpha value is -3.07. The number of nitrogens with zero attached hydrogens (tertiary/aromatic N) is 2. The van der Waals surface area contributed by atoms with Crippen LogP contribution < -0.4 is 9.62 Å². The number of aryl methyl sites for hydroxylation is 2. The normalized spacial score (nSPS) is 12.1. The Balaban J connectivity index is 2.03. The summed E-state index contributed by atoms with van der Waals surface area (Å²) >= 11 is 12.2. The molecule has 1 atom stereocenters. The Morgan fingerprint density at radius 3 is 2.25 bits per heavy atom. The number of sulfonamides is 1. The van der Waals surface area contributed by atoms with Gasteiger partial charge in [0.1, 0.15) is 12.6 Å². The summed E-state index contributed by atoms with van der Waals surface area (Å²) in [5, 5.41) is 3.76. The number of halogens is 2. The summed E-state index contributed by atoms with van der Waals surface area (Å²) in [6.07, 6.45) is 1.72. The predicted octanol–water partition coefficient (Wildman–Crippen LogP) is 6.14. The summed E-state index contributed by atoms with van der Waals surface area (Å²) in [7, 11) is -4.17. The van der Waals surface area contributed by atoms with Crippen LogP contribution in [0.1, 0.15) is 43.4 Å². The van der Waals surface area contributed by atoms with E-state index < -0.39 is 28.5 Å². The van der Waals surface area contributed by atoms with Gasteiger partial charge in [-0.05, 0) is 92.4 Å². The number of benzene rings is 3. The van der Waals surface area contributed by atoms with E-state index in [0.29, 0.717) is 27.8 Å². The lowest BCUT2D eigenvalue weighted by Gasteiger charge is -2.32. The molecular formula is C30H35Cl2N3O4S. The fourth-order valence-corrected chi connectivity index (χ4v) is 5.84. The molecule has 0 aliphatic heterocycles. The minimum absolute atomic E-state index is 0.00493. The second-order valence-electron chi connectivity index (χ2n) is 9.71. The van der Waals surface area contributed by atoms with Crippen molar-refractivity contribution >= 4 is 50.7 Å². The van der Waals surface area contributed by atoms with Crippen LogP contribution in [-0.4, -0.2) is 44.3 Å². The van der Waals surface area contributed by atoms with Gasteiger partial charge in [0.2, 0.25) is 11.8 Å². The molecule has 0 bridgehead atoms. The fourth-order valence-electron chi connectivity index (χ4n) is 4.09. The van der Waals surface area contributed by atoms with Crippen molar-refractivity contribution in [2.24, 2.45) is 0 Å². The Labute approximate surface area is 247 Å². The number of anilines is 1. The molecule has 2 amide bonds. The molecule has 3 aromatic rings. The molecule has 3 aromatic carbocycles. The zero-order chi connectivity index (χ0) is 29.4. The first-order valence-corrected chi connectivity index (χ1v) is 15.3. The van der Waals surface area contributed by atoms with Gasteiger partial charge in [-0.25, -0.2) is 8.42 Å². The van der Waals surface area contributed by atoms with Crippen molar-refractivity contribution in [1.29, 1.82) is 0 Å². The van der Waals surface area contributed by atoms with E-state index >= 15 is 0 Å². The van der Waals surface area contributed by atoms with Crippen LogP contribution in [0.5, 0.6) is 0 Å². The second kappa shape index (κ2) is 14.0. The van der Waals surface area contributed by atoms with Gasteiger partial charge in [0.25, 0.3) is 10.0 Å². The largest absolute Gasteiger partial charge is 0.354 e. The highest BCUT2D eigenvalue weighted by Crippen LogP contribution is 2.27. The first-order chi connectivity index (χ1) is 18.9. The van der Waals surface area contributed by atoms with Crippen molar-refractivity contribution in [3.05, 3.63) is 93.5 Å². The summed E-state index contributed by atoms with van der Waals surface area (Å²) < 4.78 is 28.9. The summed E-state index contributed by atoms with van der Waals surface area (Å²) in [5.74, 6) is -0.851. The van der Waals surface area contributed by atoms with Gasteiger partial charge >= 0.3 is 0 Å². The Morgan fingerprint density at radius 1 is 0.925 bits per heavy atom. The van der Waals surface area contributed by atoms with E-state index in [1.807, 2.05) is 26.8 Å². The molecule has 10 heteroatoms. The summed E-state index contributed by atoms with van der Waals surface area (Å²) in [6.45, 7) is 7.50. The number of carbonyl (C=O) groups excluding carboxylic acids is 2. The summed E-state index contributed by atoms with van der Waals surface area (Å²) in [5.41, 5.74) is 2.92. The summed E-state index contributed by atoms with van der Waals surface area (Å²) in [6, 6.07) is 17.2. The maximum atomic E-state index is 14.0. The number of nitrogens with one attached hydrogen (secondary N) is 1. The fraction of sp³-hybridized carbons (Fsp3) is 0.333. The van der Waals surface area contributed by atoms with E-state index in [9.17, 15) is 18.0 Å². The third-order valence-corrected chi connectivity index (χ3v) is 8.97. The molecule has 40 heavy (non-hydrogen) atoms. The third kappa shape index (κ3) is 7.99. The van der Waals surface area contributed by atoms with Crippen molar-refractivity contribution in [3.8, 4) is 0 Å². The average molecular weight is 605 g/mol. The zero-order valence-electron chi connectivity index (χ0n) is 23.2. The molecule has 0 fully saturated rings. The molecule has 0 saturated carbocycles. The van der Waals surface area contributed by atoms with Gasteiger partial charge in [0, 0.05) is 23.1 Å². The van der Waals surface area contributed by atoms with E-state index in [1.165, 1.54) is 29.2 Å². The molecule has 0 spiro atoms. The van der Waals surface area contributed by atoms with Crippen LogP contribution in [0.4, 0.5) is 5.69 Å². The molecule has 214 valence electrons. The van der Waals surface area contributed by atoms with Crippen LogP contribution in [0, 0.1) is 13.8 Å². The van der Waals surface area contributed by atoms with Crippen LogP contribution in [0.15, 0.2) is 71.6 Å². The van der Waals surface area contributed by atoms with E-state index in [0.717, 1.165) is 28.3 Å². The van der Waals surface area contributed by atoms with Crippen LogP contribution in [0.25, 0.3) is 0 Å². The van der Waals surface area contributed by atoms with Gasteiger partial charge in [0.05, 0.1) is 10.6 Å². The highest BCUT2D eigenvalue weighted by Gasteiger charge is 2.32. The smallest absolute Gasteiger partial charge is 0.264 e. The van der Waals surface area contributed by atoms with Crippen LogP contribution in [-0.2, 0) is 26.2 Å². The van der Waals surface area contributed by atoms with Crippen LogP contribution in [0.3, 0.4) is 0 Å². The molecule has 0 saturated heterocycles. The number of carbonyl (C=O) groups is 2. The number of hydrogen-bond acceptors (Lipinski definition) is 4. The third-order valence-electron chi connectivity index (χ3n) is 6.70. The molecule has 3 rings (SSSR count). The van der Waals surface area contributed by atoms with Crippen molar-refractivity contribution < 1.29 is 18.0 Å². The topological polar surface area (TPSA) is 86.8 Å². The predicted molar refractivity (Wildman–Crippen MR) is 161 cm³/mol. The molecule has 0 unspecified atom stereocenters. The highest BCUT2D eigenvalue weighted by atomic mass is 35.5. The number of amides is 2. The summed E-state index contributed by atoms with van der Waals surface area (Å²) in [4.78, 5) is 28.4. The number of rotatable bonds is 12. The van der Waals surface area contributed by atoms with Crippen molar-refractivity contribution in [3.63, 3.8) is 0 Å². The van der Waals surface area contributed by atoms with Gasteiger partial charge in [-0.2, -0.15) is 0 Å². The number of hydrogen-bond donors (Lipinski definition) is 1. The zero-order valence-corrected chi connectivity index (χ0v) is 25.5. The minimum atomic E-state index is -4.17. The van der Waals surface area contributed by atoms with E-state index in [1.54, 1.807) is 43.3 Å². The maximum Gasteiger partial charge on any atom is 0.264 e. The van der Waals surface area contributed by atoms with Crippen molar-refractivity contribution in [2.45, 2.75) is 58.0 Å². The molecular weight excluding hydrogens is 569 g/mol. The Morgan fingerprint density at radius 2 is 1.62 bits per heavy atom. The lowest BCUT2D eigenvalue weighted by Crippen LogP contribution is -2.51. The van der Waals surface area contributed by atoms with E-state index in [-0.39, 0.29) is 17.3 Å². The monoisotopic (exact) mass is 603 g/mol. The quantitative estimate of drug-likeness (QED) is 0.252. The lowest BCUT2D eigenvalue weighted by molar-refractivity contribution is -0.139. The van der Waals surface area contributed by atoms with Crippen LogP contribution in [0.2, 0.25) is 10.0 Å². The lowest BCUT2D eigenvalue weighted by atomic mass is 10.1. The maximum absolute atomic E-state index is 14.0. The van der Waals surface area contributed by atoms with Gasteiger partial charge in [-0.3, -0.25) is 13.9 Å². The van der Waals surface area contributed by atoms with Crippen LogP contribution >= 0.6 is 23.2 Å². The van der Waals surface area contributed by atoms with Gasteiger partial charge < -0.3 is 10.2 Å². The molecule has 0 radical (unpaired) electrons. The molecule has 0 heterocycles. The van der Waals surface area contributed by atoms with Gasteiger partial charge in [-0.15, -0.1) is 0 Å². The Kier molecular flexibility index (Phi) is 11.0. The molecule has 0 aromatic heterocycles. The first kappa shape index (κ1) is 31.5. The molecule has 0 aliphatic carbocycles. The van der Waals surface area contributed by atoms with E-state index in [4.69, 9.17) is 23.2 Å². The minimum Gasteiger partial charge on any atom is -0.354 e. The Bertz CT molecular complexity index is 1450. The van der Waals surface area contributed by atoms with Crippen molar-refractivity contribution in [1.82, 2.24) is 10.2 Å². The second-order valence-corrected chi connectivity index (χ2v) is 12.4. The highest BCUT2D eigenvalue weighted by molar-refractivity contribution is 7.92. The molecule has 0 aliphatic rings. The van der Waals surface area contributed by atoms with Crippen molar-refractivity contribution in [2.75, 3.05) is 17.4 Å². The van der Waals surface area contributed by atoms with Gasteiger partial charge in [-0.1, -0.05) is 54.7 Å². The molecule has 1 N–H and O–H groups in total. The SMILES string of the molecule is CCCCNC(=O)[C@H](C)N(Cc1cccc(Cl)c1)C(=O)CN(c1ccc(C)c(C)c1)S(=O)(=O)c1ccc(Cl)cc1. The van der Waals surface area contributed by atoms with E-state index in [2.05, 4.69) is 5.32 Å². The first-order valence-electron chi connectivity index (χ1n) is 13.1. The average Bonchev–Trinajstić information content (AvgIpc) is 2.91.